The topological polar surface area (TPSA) is 54.5 Å². The lowest BCUT2D eigenvalue weighted by atomic mass is 10.3. The average Bonchev–Trinajstić information content (AvgIpc) is 2.32. The highest BCUT2D eigenvalue weighted by atomic mass is 19.4. The zero-order chi connectivity index (χ0) is 8.32. The Labute approximate surface area is 59.8 Å². The monoisotopic (exact) mass is 166 g/mol. The minimum Gasteiger partial charge on any atom is -0.177 e. The van der Waals surface area contributed by atoms with Crippen molar-refractivity contribution in [2.24, 2.45) is 0 Å². The van der Waals surface area contributed by atoms with Crippen LogP contribution in [-0.2, 0) is 6.42 Å². The van der Waals surface area contributed by atoms with Crippen molar-refractivity contribution in [2.45, 2.75) is 19.0 Å². The van der Waals surface area contributed by atoms with Crippen LogP contribution in [0.15, 0.2) is 0 Å². The first-order valence-electron chi connectivity index (χ1n) is 2.87. The summed E-state index contributed by atoms with van der Waals surface area (Å²) in [4.78, 5) is 0. The van der Waals surface area contributed by atoms with E-state index in [-0.39, 0.29) is 12.2 Å². The van der Waals surface area contributed by atoms with Gasteiger partial charge in [0.25, 0.3) is 0 Å². The first-order valence-corrected chi connectivity index (χ1v) is 2.87. The van der Waals surface area contributed by atoms with Gasteiger partial charge in [-0.05, 0) is 0 Å². The molecule has 0 spiro atoms. The third-order valence-corrected chi connectivity index (χ3v) is 1.02. The predicted octanol–water partition coefficient (Wildman–Crippen LogP) is 0.695. The molecule has 62 valence electrons. The van der Waals surface area contributed by atoms with Crippen molar-refractivity contribution in [1.29, 1.82) is 0 Å². The number of aromatic amines is 1. The van der Waals surface area contributed by atoms with Gasteiger partial charge in [-0.3, -0.25) is 0 Å². The molecule has 0 saturated heterocycles. The Morgan fingerprint density at radius 2 is 2.09 bits per heavy atom. The number of hydrogen-bond acceptors (Lipinski definition) is 3. The molecule has 1 aromatic heterocycles. The van der Waals surface area contributed by atoms with Crippen molar-refractivity contribution in [3.05, 3.63) is 5.82 Å². The molecule has 0 aliphatic rings. The van der Waals surface area contributed by atoms with Crippen LogP contribution < -0.4 is 0 Å². The van der Waals surface area contributed by atoms with E-state index in [1.165, 1.54) is 0 Å². The largest absolute Gasteiger partial charge is 0.389 e. The number of nitrogens with one attached hydrogen (secondary N) is 1. The summed E-state index contributed by atoms with van der Waals surface area (Å²) in [5.74, 6) is 0.0855. The van der Waals surface area contributed by atoms with Crippen LogP contribution in [0.2, 0.25) is 0 Å². The van der Waals surface area contributed by atoms with Gasteiger partial charge in [-0.25, -0.2) is 0 Å². The van der Waals surface area contributed by atoms with E-state index in [4.69, 9.17) is 0 Å². The molecular formula is C4H5F3N4. The smallest absolute Gasteiger partial charge is 0.177 e. The average molecular weight is 166 g/mol. The van der Waals surface area contributed by atoms with Gasteiger partial charge < -0.3 is 0 Å². The van der Waals surface area contributed by atoms with E-state index in [0.717, 1.165) is 0 Å². The van der Waals surface area contributed by atoms with E-state index in [1.807, 2.05) is 0 Å². The molecule has 0 saturated carbocycles. The van der Waals surface area contributed by atoms with Crippen molar-refractivity contribution >= 4 is 0 Å². The van der Waals surface area contributed by atoms with Crippen molar-refractivity contribution < 1.29 is 13.2 Å². The number of aryl methyl sites for hydroxylation is 1. The quantitative estimate of drug-likeness (QED) is 0.703. The molecule has 0 unspecified atom stereocenters. The zero-order valence-corrected chi connectivity index (χ0v) is 5.39. The molecule has 7 heteroatoms. The second-order valence-electron chi connectivity index (χ2n) is 1.94. The lowest BCUT2D eigenvalue weighted by Gasteiger charge is -2.01. The Morgan fingerprint density at radius 3 is 2.55 bits per heavy atom. The Bertz CT molecular complexity index is 204. The third-order valence-electron chi connectivity index (χ3n) is 1.02. The van der Waals surface area contributed by atoms with E-state index in [9.17, 15) is 13.2 Å². The maximum atomic E-state index is 11.6. The minimum atomic E-state index is -4.15. The summed E-state index contributed by atoms with van der Waals surface area (Å²) in [7, 11) is 0. The summed E-state index contributed by atoms with van der Waals surface area (Å²) >= 11 is 0. The van der Waals surface area contributed by atoms with E-state index >= 15 is 0 Å². The summed E-state index contributed by atoms with van der Waals surface area (Å²) in [6.45, 7) is 0. The number of rotatable bonds is 2. The highest BCUT2D eigenvalue weighted by molar-refractivity contribution is 4.76. The minimum absolute atomic E-state index is 0.0855. The number of halogens is 3. The van der Waals surface area contributed by atoms with Gasteiger partial charge in [-0.2, -0.15) is 18.4 Å². The number of tetrazole rings is 1. The molecule has 0 radical (unpaired) electrons. The number of alkyl halides is 3. The van der Waals surface area contributed by atoms with Crippen molar-refractivity contribution in [3.8, 4) is 0 Å². The first kappa shape index (κ1) is 7.96. The van der Waals surface area contributed by atoms with Gasteiger partial charge in [-0.15, -0.1) is 10.2 Å². The lowest BCUT2D eigenvalue weighted by Crippen LogP contribution is -2.09. The summed E-state index contributed by atoms with van der Waals surface area (Å²) in [6.07, 6.45) is -5.28. The van der Waals surface area contributed by atoms with E-state index in [2.05, 4.69) is 20.6 Å². The van der Waals surface area contributed by atoms with E-state index in [0.29, 0.717) is 0 Å². The van der Waals surface area contributed by atoms with Crippen LogP contribution in [-0.4, -0.2) is 26.8 Å². The molecule has 0 fully saturated rings. The van der Waals surface area contributed by atoms with Crippen LogP contribution in [0.1, 0.15) is 12.2 Å². The highest BCUT2D eigenvalue weighted by Crippen LogP contribution is 2.20. The molecule has 1 heterocycles. The van der Waals surface area contributed by atoms with Crippen LogP contribution in [0.3, 0.4) is 0 Å². The molecule has 4 nitrogen and oxygen atoms in total. The summed E-state index contributed by atoms with van der Waals surface area (Å²) in [5.41, 5.74) is 0. The molecule has 0 aliphatic heterocycles. The standard InChI is InChI=1S/C4H5F3N4/c5-4(6,7)2-1-3-8-10-11-9-3/h1-2H2,(H,8,9,10,11). The van der Waals surface area contributed by atoms with Crippen molar-refractivity contribution in [1.82, 2.24) is 20.6 Å². The van der Waals surface area contributed by atoms with Gasteiger partial charge >= 0.3 is 6.18 Å². The Hall–Kier alpha value is -1.14. The molecule has 1 rings (SSSR count). The molecule has 11 heavy (non-hydrogen) atoms. The fourth-order valence-corrected chi connectivity index (χ4v) is 0.542. The molecule has 1 aromatic rings. The van der Waals surface area contributed by atoms with Crippen LogP contribution >= 0.6 is 0 Å². The Balaban J connectivity index is 2.35. The van der Waals surface area contributed by atoms with Crippen LogP contribution in [0.25, 0.3) is 0 Å². The third kappa shape index (κ3) is 2.96. The molecular weight excluding hydrogens is 161 g/mol. The van der Waals surface area contributed by atoms with Gasteiger partial charge in [0.15, 0.2) is 5.82 Å². The lowest BCUT2D eigenvalue weighted by molar-refractivity contribution is -0.134. The van der Waals surface area contributed by atoms with Crippen LogP contribution in [0.4, 0.5) is 13.2 Å². The predicted molar refractivity (Wildman–Crippen MR) is 28.6 cm³/mol. The maximum Gasteiger partial charge on any atom is 0.389 e. The Kier molecular flexibility index (Phi) is 2.06. The van der Waals surface area contributed by atoms with Gasteiger partial charge in [0.2, 0.25) is 0 Å². The summed E-state index contributed by atoms with van der Waals surface area (Å²) < 4.78 is 34.7. The fourth-order valence-electron chi connectivity index (χ4n) is 0.542. The number of nitrogens with zero attached hydrogens (tertiary/aromatic N) is 3. The summed E-state index contributed by atoms with van der Waals surface area (Å²) in [6, 6.07) is 0. The van der Waals surface area contributed by atoms with Gasteiger partial charge in [0.05, 0.1) is 6.42 Å². The highest BCUT2D eigenvalue weighted by Gasteiger charge is 2.27. The van der Waals surface area contributed by atoms with Gasteiger partial charge in [0.1, 0.15) is 0 Å². The SMILES string of the molecule is FC(F)(F)CCc1nn[nH]n1. The van der Waals surface area contributed by atoms with Gasteiger partial charge in [0, 0.05) is 6.42 Å². The first-order chi connectivity index (χ1) is 5.08. The Morgan fingerprint density at radius 1 is 1.36 bits per heavy atom. The number of aromatic nitrogens is 4. The number of H-pyrrole nitrogens is 1. The fraction of sp³-hybridized carbons (Fsp3) is 0.750. The second kappa shape index (κ2) is 2.85. The molecule has 0 aliphatic carbocycles. The van der Waals surface area contributed by atoms with Gasteiger partial charge in [-0.1, -0.05) is 5.21 Å². The molecule has 0 bridgehead atoms. The normalized spacial score (nSPS) is 11.9. The van der Waals surface area contributed by atoms with Crippen LogP contribution in [0.5, 0.6) is 0 Å². The molecule has 0 atom stereocenters. The maximum absolute atomic E-state index is 11.6. The number of hydrogen-bond donors (Lipinski definition) is 1. The van der Waals surface area contributed by atoms with E-state index < -0.39 is 12.6 Å². The van der Waals surface area contributed by atoms with Crippen molar-refractivity contribution in [2.75, 3.05) is 0 Å². The summed E-state index contributed by atoms with van der Waals surface area (Å²) in [5, 5.41) is 11.9. The molecule has 1 N–H and O–H groups in total. The molecule has 0 aromatic carbocycles. The second-order valence-corrected chi connectivity index (χ2v) is 1.94. The molecule has 0 amide bonds. The van der Waals surface area contributed by atoms with E-state index in [1.54, 1.807) is 0 Å². The van der Waals surface area contributed by atoms with Crippen molar-refractivity contribution in [3.63, 3.8) is 0 Å². The van der Waals surface area contributed by atoms with Crippen LogP contribution in [0, 0.1) is 0 Å². The zero-order valence-electron chi connectivity index (χ0n) is 5.39.